The third-order valence-corrected chi connectivity index (χ3v) is 5.12. The molecule has 0 spiro atoms. The van der Waals surface area contributed by atoms with Gasteiger partial charge in [0.05, 0.1) is 0 Å². The molecule has 0 bridgehead atoms. The van der Waals surface area contributed by atoms with Crippen LogP contribution in [0.1, 0.15) is 17.0 Å². The van der Waals surface area contributed by atoms with Crippen molar-refractivity contribution < 1.29 is 0 Å². The number of hydrogen-bond acceptors (Lipinski definition) is 5. The zero-order chi connectivity index (χ0) is 19.5. The highest BCUT2D eigenvalue weighted by atomic mass is 15.3. The lowest BCUT2D eigenvalue weighted by Crippen LogP contribution is -2.47. The van der Waals surface area contributed by atoms with Crippen LogP contribution in [-0.4, -0.2) is 36.1 Å². The summed E-state index contributed by atoms with van der Waals surface area (Å²) in [5.74, 6) is 2.62. The molecule has 1 aliphatic rings. The highest BCUT2D eigenvalue weighted by Crippen LogP contribution is 2.23. The number of benzene rings is 2. The quantitative estimate of drug-likeness (QED) is 0.731. The molecule has 28 heavy (non-hydrogen) atoms. The van der Waals surface area contributed by atoms with Crippen LogP contribution < -0.4 is 15.1 Å². The summed E-state index contributed by atoms with van der Waals surface area (Å²) in [6, 6.07) is 19.1. The van der Waals surface area contributed by atoms with Gasteiger partial charge in [0.15, 0.2) is 0 Å². The highest BCUT2D eigenvalue weighted by molar-refractivity contribution is 5.60. The van der Waals surface area contributed by atoms with Gasteiger partial charge >= 0.3 is 0 Å². The van der Waals surface area contributed by atoms with E-state index in [9.17, 15) is 0 Å². The molecule has 5 heteroatoms. The average Bonchev–Trinajstić information content (AvgIpc) is 2.69. The molecule has 1 fully saturated rings. The van der Waals surface area contributed by atoms with Crippen LogP contribution in [0.4, 0.5) is 23.0 Å². The SMILES string of the molecule is Cc1ccc(Nc2cc(N3CCN(c4cccc(C)c4)CC3)nc(C)n2)cc1. The Bertz CT molecular complexity index is 943. The molecule has 0 radical (unpaired) electrons. The average molecular weight is 374 g/mol. The Balaban J connectivity index is 1.46. The summed E-state index contributed by atoms with van der Waals surface area (Å²) in [6.07, 6.45) is 0. The Kier molecular flexibility index (Phi) is 5.15. The number of hydrogen-bond donors (Lipinski definition) is 1. The Labute approximate surface area is 167 Å². The Morgan fingerprint density at radius 3 is 2.18 bits per heavy atom. The van der Waals surface area contributed by atoms with Gasteiger partial charge in [-0.2, -0.15) is 0 Å². The van der Waals surface area contributed by atoms with E-state index in [1.807, 2.05) is 6.92 Å². The molecule has 0 unspecified atom stereocenters. The van der Waals surface area contributed by atoms with Crippen molar-refractivity contribution in [2.24, 2.45) is 0 Å². The first kappa shape index (κ1) is 18.3. The molecule has 0 saturated carbocycles. The number of nitrogens with one attached hydrogen (secondary N) is 1. The maximum atomic E-state index is 4.68. The van der Waals surface area contributed by atoms with Gasteiger partial charge in [-0.3, -0.25) is 0 Å². The van der Waals surface area contributed by atoms with Crippen molar-refractivity contribution in [1.29, 1.82) is 0 Å². The highest BCUT2D eigenvalue weighted by Gasteiger charge is 2.19. The van der Waals surface area contributed by atoms with Crippen molar-refractivity contribution in [3.63, 3.8) is 0 Å². The third-order valence-electron chi connectivity index (χ3n) is 5.12. The van der Waals surface area contributed by atoms with Crippen LogP contribution in [0.3, 0.4) is 0 Å². The number of nitrogens with zero attached hydrogens (tertiary/aromatic N) is 4. The van der Waals surface area contributed by atoms with E-state index in [0.717, 1.165) is 49.3 Å². The molecule has 144 valence electrons. The van der Waals surface area contributed by atoms with Gasteiger partial charge < -0.3 is 15.1 Å². The van der Waals surface area contributed by atoms with Gasteiger partial charge in [-0.25, -0.2) is 9.97 Å². The minimum Gasteiger partial charge on any atom is -0.368 e. The molecule has 1 saturated heterocycles. The summed E-state index contributed by atoms with van der Waals surface area (Å²) in [6.45, 7) is 10.1. The van der Waals surface area contributed by atoms with E-state index in [1.165, 1.54) is 16.8 Å². The van der Waals surface area contributed by atoms with Crippen LogP contribution in [0, 0.1) is 20.8 Å². The summed E-state index contributed by atoms with van der Waals surface area (Å²) in [5.41, 5.74) is 4.90. The Morgan fingerprint density at radius 1 is 0.750 bits per heavy atom. The number of aromatic nitrogens is 2. The molecule has 1 aliphatic heterocycles. The maximum Gasteiger partial charge on any atom is 0.136 e. The number of rotatable bonds is 4. The molecule has 3 aromatic rings. The molecule has 1 N–H and O–H groups in total. The third kappa shape index (κ3) is 4.25. The van der Waals surface area contributed by atoms with Gasteiger partial charge in [0, 0.05) is 43.6 Å². The van der Waals surface area contributed by atoms with Crippen molar-refractivity contribution in [2.45, 2.75) is 20.8 Å². The van der Waals surface area contributed by atoms with Gasteiger partial charge in [-0.05, 0) is 50.6 Å². The van der Waals surface area contributed by atoms with E-state index in [0.29, 0.717) is 0 Å². The van der Waals surface area contributed by atoms with E-state index in [4.69, 9.17) is 0 Å². The van der Waals surface area contributed by atoms with Gasteiger partial charge in [-0.1, -0.05) is 29.8 Å². The zero-order valence-electron chi connectivity index (χ0n) is 16.8. The molecule has 2 aromatic carbocycles. The van der Waals surface area contributed by atoms with Crippen molar-refractivity contribution in [2.75, 3.05) is 41.3 Å². The molecule has 4 rings (SSSR count). The summed E-state index contributed by atoms with van der Waals surface area (Å²) >= 11 is 0. The smallest absolute Gasteiger partial charge is 0.136 e. The fourth-order valence-electron chi connectivity index (χ4n) is 3.58. The first-order valence-corrected chi connectivity index (χ1v) is 9.83. The van der Waals surface area contributed by atoms with Crippen molar-refractivity contribution in [1.82, 2.24) is 9.97 Å². The van der Waals surface area contributed by atoms with Crippen LogP contribution in [0.25, 0.3) is 0 Å². The first-order chi connectivity index (χ1) is 13.6. The number of aryl methyl sites for hydroxylation is 3. The second-order valence-electron chi connectivity index (χ2n) is 7.46. The van der Waals surface area contributed by atoms with E-state index < -0.39 is 0 Å². The lowest BCUT2D eigenvalue weighted by Gasteiger charge is -2.37. The minimum atomic E-state index is 0.785. The topological polar surface area (TPSA) is 44.3 Å². The van der Waals surface area contributed by atoms with Gasteiger partial charge in [0.1, 0.15) is 17.5 Å². The van der Waals surface area contributed by atoms with Crippen molar-refractivity contribution >= 4 is 23.0 Å². The van der Waals surface area contributed by atoms with E-state index in [-0.39, 0.29) is 0 Å². The molecular weight excluding hydrogens is 346 g/mol. The standard InChI is InChI=1S/C23H27N5/c1-17-7-9-20(10-8-17)26-22-16-23(25-19(3)24-22)28-13-11-27(12-14-28)21-6-4-5-18(2)15-21/h4-10,15-16H,11-14H2,1-3H3,(H,24,25,26). The first-order valence-electron chi connectivity index (χ1n) is 9.83. The fourth-order valence-corrected chi connectivity index (χ4v) is 3.58. The lowest BCUT2D eigenvalue weighted by molar-refractivity contribution is 0.646. The molecule has 0 amide bonds. The van der Waals surface area contributed by atoms with Crippen LogP contribution in [0.15, 0.2) is 54.6 Å². The molecule has 0 aliphatic carbocycles. The second kappa shape index (κ2) is 7.89. The van der Waals surface area contributed by atoms with Crippen LogP contribution in [0.2, 0.25) is 0 Å². The van der Waals surface area contributed by atoms with E-state index in [2.05, 4.69) is 93.5 Å². The summed E-state index contributed by atoms with van der Waals surface area (Å²) < 4.78 is 0. The lowest BCUT2D eigenvalue weighted by atomic mass is 10.2. The second-order valence-corrected chi connectivity index (χ2v) is 7.46. The number of anilines is 4. The predicted molar refractivity (Wildman–Crippen MR) is 117 cm³/mol. The zero-order valence-corrected chi connectivity index (χ0v) is 16.8. The van der Waals surface area contributed by atoms with Gasteiger partial charge in [0.25, 0.3) is 0 Å². The minimum absolute atomic E-state index is 0.785. The Hall–Kier alpha value is -3.08. The van der Waals surface area contributed by atoms with Gasteiger partial charge in [0.2, 0.25) is 0 Å². The molecule has 5 nitrogen and oxygen atoms in total. The summed E-state index contributed by atoms with van der Waals surface area (Å²) in [5, 5.41) is 3.40. The number of piperazine rings is 1. The largest absolute Gasteiger partial charge is 0.368 e. The van der Waals surface area contributed by atoms with Gasteiger partial charge in [-0.15, -0.1) is 0 Å². The van der Waals surface area contributed by atoms with Crippen LogP contribution in [0.5, 0.6) is 0 Å². The Morgan fingerprint density at radius 2 is 1.46 bits per heavy atom. The van der Waals surface area contributed by atoms with Crippen LogP contribution in [-0.2, 0) is 0 Å². The molecule has 0 atom stereocenters. The van der Waals surface area contributed by atoms with Crippen molar-refractivity contribution in [3.05, 3.63) is 71.5 Å². The van der Waals surface area contributed by atoms with E-state index >= 15 is 0 Å². The van der Waals surface area contributed by atoms with Crippen molar-refractivity contribution in [3.8, 4) is 0 Å². The predicted octanol–water partition coefficient (Wildman–Crippen LogP) is 4.47. The summed E-state index contributed by atoms with van der Waals surface area (Å²) in [7, 11) is 0. The normalized spacial score (nSPS) is 14.2. The molecular formula is C23H27N5. The van der Waals surface area contributed by atoms with Crippen LogP contribution >= 0.6 is 0 Å². The van der Waals surface area contributed by atoms with E-state index in [1.54, 1.807) is 0 Å². The monoisotopic (exact) mass is 373 g/mol. The molecule has 2 heterocycles. The summed E-state index contributed by atoms with van der Waals surface area (Å²) in [4.78, 5) is 14.0. The maximum absolute atomic E-state index is 4.68. The molecule has 1 aromatic heterocycles. The fraction of sp³-hybridized carbons (Fsp3) is 0.304.